The highest BCUT2D eigenvalue weighted by molar-refractivity contribution is 6.63. The van der Waals surface area contributed by atoms with Gasteiger partial charge >= 0.3 is 0 Å². The summed E-state index contributed by atoms with van der Waals surface area (Å²) in [5.74, 6) is 1.98. The van der Waals surface area contributed by atoms with Crippen molar-refractivity contribution < 1.29 is 9.18 Å². The molecule has 0 N–H and O–H groups in total. The van der Waals surface area contributed by atoms with Crippen LogP contribution in [-0.4, -0.2) is 10.2 Å². The number of aromatic nitrogens is 1. The fourth-order valence-electron chi connectivity index (χ4n) is 5.01. The molecule has 0 amide bonds. The summed E-state index contributed by atoms with van der Waals surface area (Å²) in [6, 6.07) is 6.89. The smallest absolute Gasteiger partial charge is 0.224 e. The molecule has 4 rings (SSSR count). The molecule has 0 aliphatic heterocycles. The minimum atomic E-state index is -0.204. The highest BCUT2D eigenvalue weighted by Crippen LogP contribution is 2.54. The van der Waals surface area contributed by atoms with E-state index in [1.807, 2.05) is 13.1 Å². The minimum Gasteiger partial charge on any atom is -0.281 e. The molecule has 1 aromatic carbocycles. The molecule has 1 unspecified atom stereocenters. The quantitative estimate of drug-likeness (QED) is 0.707. The van der Waals surface area contributed by atoms with Crippen molar-refractivity contribution in [3.63, 3.8) is 0 Å². The Morgan fingerprint density at radius 2 is 1.92 bits per heavy atom. The summed E-state index contributed by atoms with van der Waals surface area (Å²) < 4.78 is 13.7. The van der Waals surface area contributed by atoms with Crippen LogP contribution in [0.25, 0.3) is 10.9 Å². The number of hydrogen-bond donors (Lipinski definition) is 0. The summed E-state index contributed by atoms with van der Waals surface area (Å²) in [5, 5.41) is 0.746. The molecule has 0 radical (unpaired) electrons. The monoisotopic (exact) mass is 345 g/mol. The average molecular weight is 346 g/mol. The third-order valence-electron chi connectivity index (χ3n) is 6.29. The summed E-state index contributed by atoms with van der Waals surface area (Å²) in [6.45, 7) is 1.96. The van der Waals surface area contributed by atoms with Crippen molar-refractivity contribution in [1.29, 1.82) is 0 Å². The summed E-state index contributed by atoms with van der Waals surface area (Å²) in [7, 11) is 0. The van der Waals surface area contributed by atoms with Crippen LogP contribution < -0.4 is 0 Å². The Hall–Kier alpha value is -1.48. The van der Waals surface area contributed by atoms with Crippen molar-refractivity contribution in [2.45, 2.75) is 38.5 Å². The van der Waals surface area contributed by atoms with Crippen molar-refractivity contribution in [3.05, 3.63) is 41.8 Å². The summed E-state index contributed by atoms with van der Waals surface area (Å²) in [6.07, 6.45) is 6.27. The van der Waals surface area contributed by atoms with Crippen molar-refractivity contribution in [1.82, 2.24) is 4.98 Å². The molecular formula is C20H21ClFNO. The third-order valence-corrected chi connectivity index (χ3v) is 6.64. The number of carbonyl (C=O) groups is 1. The lowest BCUT2D eigenvalue weighted by atomic mass is 9.87. The SMILES string of the molecule is CC(C(=O)Cl)[C@H]1C[C@H]2C[C@@H](c3ccnc4ccc(F)cc34)C[C@H]2C1. The predicted molar refractivity (Wildman–Crippen MR) is 93.4 cm³/mol. The Morgan fingerprint density at radius 3 is 2.58 bits per heavy atom. The molecule has 2 nitrogen and oxygen atoms in total. The molecule has 126 valence electrons. The lowest BCUT2D eigenvalue weighted by molar-refractivity contribution is -0.116. The zero-order valence-electron chi connectivity index (χ0n) is 13.7. The third kappa shape index (κ3) is 2.73. The fourth-order valence-corrected chi connectivity index (χ4v) is 5.18. The lowest BCUT2D eigenvalue weighted by Crippen LogP contribution is -2.15. The van der Waals surface area contributed by atoms with Crippen LogP contribution >= 0.6 is 11.6 Å². The van der Waals surface area contributed by atoms with Crippen LogP contribution in [-0.2, 0) is 4.79 Å². The van der Waals surface area contributed by atoms with E-state index in [1.54, 1.807) is 12.1 Å². The minimum absolute atomic E-state index is 0.0356. The van der Waals surface area contributed by atoms with Gasteiger partial charge in [-0.15, -0.1) is 0 Å². The van der Waals surface area contributed by atoms with Gasteiger partial charge in [-0.05, 0) is 90.8 Å². The standard InChI is InChI=1S/C20H21ClFNO/c1-11(20(21)24)12-6-13-8-15(9-14(13)7-12)17-4-5-23-19-3-2-16(22)10-18(17)19/h2-5,10-15H,6-9H2,1H3/t11?,12-,13-,14+,15+. The normalized spacial score (nSPS) is 30.5. The zero-order valence-corrected chi connectivity index (χ0v) is 14.5. The Labute approximate surface area is 146 Å². The number of fused-ring (bicyclic) bond motifs is 2. The number of benzene rings is 1. The topological polar surface area (TPSA) is 30.0 Å². The van der Waals surface area contributed by atoms with Gasteiger partial charge in [-0.1, -0.05) is 6.92 Å². The average Bonchev–Trinajstić information content (AvgIpc) is 3.12. The van der Waals surface area contributed by atoms with E-state index in [9.17, 15) is 9.18 Å². The number of rotatable bonds is 3. The van der Waals surface area contributed by atoms with Crippen LogP contribution in [0, 0.1) is 29.5 Å². The van der Waals surface area contributed by atoms with Crippen LogP contribution in [0.15, 0.2) is 30.5 Å². The Kier molecular flexibility index (Phi) is 4.07. The van der Waals surface area contributed by atoms with E-state index < -0.39 is 0 Å². The van der Waals surface area contributed by atoms with Gasteiger partial charge in [-0.3, -0.25) is 9.78 Å². The molecular weight excluding hydrogens is 325 g/mol. The van der Waals surface area contributed by atoms with Gasteiger partial charge in [-0.25, -0.2) is 4.39 Å². The second-order valence-electron chi connectivity index (χ2n) is 7.57. The predicted octanol–water partition coefficient (Wildman–Crippen LogP) is 5.30. The molecule has 0 spiro atoms. The largest absolute Gasteiger partial charge is 0.281 e. The van der Waals surface area contributed by atoms with Gasteiger partial charge in [-0.2, -0.15) is 0 Å². The molecule has 5 atom stereocenters. The van der Waals surface area contributed by atoms with Crippen LogP contribution in [0.3, 0.4) is 0 Å². The van der Waals surface area contributed by atoms with E-state index in [1.165, 1.54) is 11.6 Å². The Balaban J connectivity index is 1.56. The van der Waals surface area contributed by atoms with E-state index in [-0.39, 0.29) is 17.0 Å². The van der Waals surface area contributed by atoms with Gasteiger partial charge in [0.15, 0.2) is 0 Å². The molecule has 0 bridgehead atoms. The van der Waals surface area contributed by atoms with Gasteiger partial charge in [0, 0.05) is 17.5 Å². The summed E-state index contributed by atoms with van der Waals surface area (Å²) in [5.41, 5.74) is 2.09. The fraction of sp³-hybridized carbons (Fsp3) is 0.500. The first-order valence-electron chi connectivity index (χ1n) is 8.76. The second-order valence-corrected chi connectivity index (χ2v) is 7.95. The molecule has 2 aliphatic carbocycles. The van der Waals surface area contributed by atoms with Gasteiger partial charge in [0.25, 0.3) is 0 Å². The van der Waals surface area contributed by atoms with Crippen LogP contribution in [0.2, 0.25) is 0 Å². The van der Waals surface area contributed by atoms with Crippen LogP contribution in [0.4, 0.5) is 4.39 Å². The van der Waals surface area contributed by atoms with Crippen LogP contribution in [0.1, 0.15) is 44.1 Å². The summed E-state index contributed by atoms with van der Waals surface area (Å²) in [4.78, 5) is 15.8. The first kappa shape index (κ1) is 16.0. The first-order valence-corrected chi connectivity index (χ1v) is 9.14. The molecule has 2 aliphatic rings. The van der Waals surface area contributed by atoms with Crippen molar-refractivity contribution in [3.8, 4) is 0 Å². The molecule has 1 heterocycles. The number of hydrogen-bond acceptors (Lipinski definition) is 2. The van der Waals surface area contributed by atoms with Gasteiger partial charge < -0.3 is 0 Å². The van der Waals surface area contributed by atoms with E-state index in [0.29, 0.717) is 23.7 Å². The van der Waals surface area contributed by atoms with Gasteiger partial charge in [0.2, 0.25) is 5.24 Å². The molecule has 4 heteroatoms. The van der Waals surface area contributed by atoms with E-state index in [0.717, 1.165) is 36.6 Å². The van der Waals surface area contributed by atoms with Gasteiger partial charge in [0.1, 0.15) is 5.82 Å². The molecule has 1 aromatic heterocycles. The van der Waals surface area contributed by atoms with Crippen LogP contribution in [0.5, 0.6) is 0 Å². The molecule has 0 saturated heterocycles. The van der Waals surface area contributed by atoms with Gasteiger partial charge in [0.05, 0.1) is 5.52 Å². The maximum atomic E-state index is 13.7. The van der Waals surface area contributed by atoms with E-state index in [2.05, 4.69) is 11.1 Å². The number of nitrogens with zero attached hydrogens (tertiary/aromatic N) is 1. The number of halogens is 2. The highest BCUT2D eigenvalue weighted by atomic mass is 35.5. The number of carbonyl (C=O) groups excluding carboxylic acids is 1. The molecule has 2 aromatic rings. The lowest BCUT2D eigenvalue weighted by Gasteiger charge is -2.19. The number of pyridine rings is 1. The first-order chi connectivity index (χ1) is 11.5. The molecule has 2 saturated carbocycles. The van der Waals surface area contributed by atoms with Crippen molar-refractivity contribution in [2.24, 2.45) is 23.7 Å². The Bertz CT molecular complexity index is 778. The molecule has 2 fully saturated rings. The van der Waals surface area contributed by atoms with E-state index in [4.69, 9.17) is 11.6 Å². The summed E-state index contributed by atoms with van der Waals surface area (Å²) >= 11 is 5.69. The Morgan fingerprint density at radius 1 is 1.21 bits per heavy atom. The van der Waals surface area contributed by atoms with E-state index >= 15 is 0 Å². The van der Waals surface area contributed by atoms with Crippen molar-refractivity contribution in [2.75, 3.05) is 0 Å². The maximum absolute atomic E-state index is 13.7. The highest BCUT2D eigenvalue weighted by Gasteiger charge is 2.44. The maximum Gasteiger partial charge on any atom is 0.224 e. The second kappa shape index (κ2) is 6.11. The zero-order chi connectivity index (χ0) is 16.8. The molecule has 24 heavy (non-hydrogen) atoms. The van der Waals surface area contributed by atoms with Crippen molar-refractivity contribution >= 4 is 27.7 Å².